The molecule has 0 fully saturated rings. The van der Waals surface area contributed by atoms with E-state index in [1.54, 1.807) is 18.4 Å². The predicted octanol–water partition coefficient (Wildman–Crippen LogP) is 3.26. The fourth-order valence-electron chi connectivity index (χ4n) is 2.00. The number of nitro groups is 1. The molecule has 1 N–H and O–H groups in total. The molecular formula is C15H17N3O3S. The number of rotatable bonds is 5. The van der Waals surface area contributed by atoms with E-state index >= 15 is 0 Å². The molecule has 7 heteroatoms. The van der Waals surface area contributed by atoms with Crippen LogP contribution in [0.15, 0.2) is 47.1 Å². The second kappa shape index (κ2) is 7.04. The van der Waals surface area contributed by atoms with Gasteiger partial charge in [-0.2, -0.15) is 0 Å². The molecule has 1 aromatic heterocycles. The van der Waals surface area contributed by atoms with Crippen LogP contribution in [0.2, 0.25) is 0 Å². The molecule has 0 unspecified atom stereocenters. The van der Waals surface area contributed by atoms with E-state index in [4.69, 9.17) is 16.6 Å². The first-order valence-corrected chi connectivity index (χ1v) is 7.17. The number of benzene rings is 1. The van der Waals surface area contributed by atoms with E-state index in [1.165, 1.54) is 6.07 Å². The van der Waals surface area contributed by atoms with Crippen molar-refractivity contribution in [3.05, 3.63) is 64.1 Å². The summed E-state index contributed by atoms with van der Waals surface area (Å²) in [6.07, 6.45) is 1.61. The molecule has 1 heterocycles. The van der Waals surface area contributed by atoms with Crippen molar-refractivity contribution in [3.63, 3.8) is 0 Å². The van der Waals surface area contributed by atoms with Crippen molar-refractivity contribution in [1.29, 1.82) is 0 Å². The highest BCUT2D eigenvalue weighted by atomic mass is 32.1. The van der Waals surface area contributed by atoms with E-state index in [2.05, 4.69) is 5.32 Å². The second-order valence-electron chi connectivity index (χ2n) is 4.88. The molecule has 0 aliphatic rings. The molecule has 0 saturated carbocycles. The van der Waals surface area contributed by atoms with Gasteiger partial charge < -0.3 is 14.6 Å². The van der Waals surface area contributed by atoms with Crippen LogP contribution >= 0.6 is 12.2 Å². The zero-order chi connectivity index (χ0) is 16.1. The Hall–Kier alpha value is -2.41. The minimum Gasteiger partial charge on any atom is -0.467 e. The Bertz CT molecular complexity index is 658. The number of nitrogens with zero attached hydrogens (tertiary/aromatic N) is 2. The third-order valence-electron chi connectivity index (χ3n) is 3.46. The molecule has 2 aromatic rings. The van der Waals surface area contributed by atoms with Crippen LogP contribution in [-0.2, 0) is 6.54 Å². The van der Waals surface area contributed by atoms with Crippen molar-refractivity contribution < 1.29 is 9.34 Å². The van der Waals surface area contributed by atoms with Gasteiger partial charge in [0.25, 0.3) is 5.69 Å². The van der Waals surface area contributed by atoms with Gasteiger partial charge in [-0.05, 0) is 36.8 Å². The Morgan fingerprint density at radius 1 is 1.45 bits per heavy atom. The number of nitrogens with one attached hydrogen (secondary N) is 1. The van der Waals surface area contributed by atoms with Crippen molar-refractivity contribution in [1.82, 2.24) is 10.2 Å². The van der Waals surface area contributed by atoms with Gasteiger partial charge in [0.1, 0.15) is 5.76 Å². The van der Waals surface area contributed by atoms with Gasteiger partial charge in [0.15, 0.2) is 5.11 Å². The summed E-state index contributed by atoms with van der Waals surface area (Å²) < 4.78 is 5.24. The van der Waals surface area contributed by atoms with Crippen LogP contribution < -0.4 is 5.32 Å². The molecule has 116 valence electrons. The SMILES string of the molecule is C[C@H](c1cccc([N+](=O)[O-])c1)N(C)C(=S)NCc1ccco1. The van der Waals surface area contributed by atoms with E-state index in [-0.39, 0.29) is 11.7 Å². The normalized spacial score (nSPS) is 11.7. The maximum atomic E-state index is 10.9. The first kappa shape index (κ1) is 16.0. The Morgan fingerprint density at radius 3 is 2.86 bits per heavy atom. The number of hydrogen-bond acceptors (Lipinski definition) is 4. The van der Waals surface area contributed by atoms with E-state index in [1.807, 2.05) is 37.1 Å². The molecule has 0 radical (unpaired) electrons. The van der Waals surface area contributed by atoms with E-state index in [9.17, 15) is 10.1 Å². The number of nitro benzene ring substituents is 1. The molecular weight excluding hydrogens is 302 g/mol. The number of thiocarbonyl (C=S) groups is 1. The van der Waals surface area contributed by atoms with Gasteiger partial charge in [-0.15, -0.1) is 0 Å². The maximum Gasteiger partial charge on any atom is 0.269 e. The topological polar surface area (TPSA) is 71.6 Å². The summed E-state index contributed by atoms with van der Waals surface area (Å²) in [4.78, 5) is 12.3. The van der Waals surface area contributed by atoms with Crippen molar-refractivity contribution in [2.24, 2.45) is 0 Å². The van der Waals surface area contributed by atoms with E-state index in [0.717, 1.165) is 11.3 Å². The highest BCUT2D eigenvalue weighted by Crippen LogP contribution is 2.23. The molecule has 1 atom stereocenters. The van der Waals surface area contributed by atoms with Crippen molar-refractivity contribution in [3.8, 4) is 0 Å². The summed E-state index contributed by atoms with van der Waals surface area (Å²) in [7, 11) is 1.85. The predicted molar refractivity (Wildman–Crippen MR) is 87.4 cm³/mol. The highest BCUT2D eigenvalue weighted by Gasteiger charge is 2.17. The molecule has 1 aromatic carbocycles. The Labute approximate surface area is 133 Å². The largest absolute Gasteiger partial charge is 0.467 e. The Morgan fingerprint density at radius 2 is 2.23 bits per heavy atom. The van der Waals surface area contributed by atoms with Gasteiger partial charge in [0.2, 0.25) is 0 Å². The molecule has 22 heavy (non-hydrogen) atoms. The molecule has 0 aliphatic carbocycles. The maximum absolute atomic E-state index is 10.9. The van der Waals surface area contributed by atoms with Gasteiger partial charge in [0, 0.05) is 19.2 Å². The van der Waals surface area contributed by atoms with Crippen LogP contribution in [0.3, 0.4) is 0 Å². The van der Waals surface area contributed by atoms with Crippen molar-refractivity contribution in [2.75, 3.05) is 7.05 Å². The second-order valence-corrected chi connectivity index (χ2v) is 5.26. The van der Waals surface area contributed by atoms with Crippen LogP contribution in [0, 0.1) is 10.1 Å². The third-order valence-corrected chi connectivity index (χ3v) is 3.89. The van der Waals surface area contributed by atoms with Crippen LogP contribution in [-0.4, -0.2) is 22.0 Å². The van der Waals surface area contributed by atoms with Gasteiger partial charge in [-0.3, -0.25) is 10.1 Å². The first-order valence-electron chi connectivity index (χ1n) is 6.76. The summed E-state index contributed by atoms with van der Waals surface area (Å²) in [5.74, 6) is 0.791. The fraction of sp³-hybridized carbons (Fsp3) is 0.267. The van der Waals surface area contributed by atoms with E-state index in [0.29, 0.717) is 11.7 Å². The summed E-state index contributed by atoms with van der Waals surface area (Å²) in [5, 5.41) is 14.5. The lowest BCUT2D eigenvalue weighted by Gasteiger charge is -2.27. The summed E-state index contributed by atoms with van der Waals surface area (Å²) in [6.45, 7) is 2.44. The lowest BCUT2D eigenvalue weighted by atomic mass is 10.1. The van der Waals surface area contributed by atoms with Crippen LogP contribution in [0.5, 0.6) is 0 Å². The minimum atomic E-state index is -0.399. The van der Waals surface area contributed by atoms with Crippen LogP contribution in [0.25, 0.3) is 0 Å². The molecule has 0 saturated heterocycles. The average Bonchev–Trinajstić information content (AvgIpc) is 3.04. The van der Waals surface area contributed by atoms with Crippen LogP contribution in [0.4, 0.5) is 5.69 Å². The Balaban J connectivity index is 2.01. The van der Waals surface area contributed by atoms with Gasteiger partial charge >= 0.3 is 0 Å². The summed E-state index contributed by atoms with van der Waals surface area (Å²) >= 11 is 5.35. The van der Waals surface area contributed by atoms with Gasteiger partial charge in [0.05, 0.1) is 23.8 Å². The smallest absolute Gasteiger partial charge is 0.269 e. The lowest BCUT2D eigenvalue weighted by molar-refractivity contribution is -0.384. The quantitative estimate of drug-likeness (QED) is 0.518. The summed E-state index contributed by atoms with van der Waals surface area (Å²) in [6, 6.07) is 10.2. The highest BCUT2D eigenvalue weighted by molar-refractivity contribution is 7.80. The van der Waals surface area contributed by atoms with Crippen molar-refractivity contribution >= 4 is 23.0 Å². The van der Waals surface area contributed by atoms with Crippen molar-refractivity contribution in [2.45, 2.75) is 19.5 Å². The van der Waals surface area contributed by atoms with Gasteiger partial charge in [-0.25, -0.2) is 0 Å². The minimum absolute atomic E-state index is 0.0761. The fourth-order valence-corrected chi connectivity index (χ4v) is 2.23. The molecule has 0 aliphatic heterocycles. The first-order chi connectivity index (χ1) is 10.5. The monoisotopic (exact) mass is 319 g/mol. The molecule has 2 rings (SSSR count). The lowest BCUT2D eigenvalue weighted by Crippen LogP contribution is -2.38. The number of non-ortho nitro benzene ring substituents is 1. The average molecular weight is 319 g/mol. The third kappa shape index (κ3) is 3.82. The Kier molecular flexibility index (Phi) is 5.11. The molecule has 0 amide bonds. The summed E-state index contributed by atoms with van der Waals surface area (Å²) in [5.41, 5.74) is 0.908. The van der Waals surface area contributed by atoms with Crippen LogP contribution in [0.1, 0.15) is 24.3 Å². The van der Waals surface area contributed by atoms with Gasteiger partial charge in [-0.1, -0.05) is 12.1 Å². The zero-order valence-electron chi connectivity index (χ0n) is 12.4. The van der Waals surface area contributed by atoms with E-state index < -0.39 is 4.92 Å². The molecule has 0 spiro atoms. The number of hydrogen-bond donors (Lipinski definition) is 1. The number of furan rings is 1. The standard InChI is InChI=1S/C15H17N3O3S/c1-11(12-5-3-6-13(9-12)18(19)20)17(2)15(22)16-10-14-7-4-8-21-14/h3-9,11H,10H2,1-2H3,(H,16,22)/t11-/m1/s1. The molecule has 6 nitrogen and oxygen atoms in total. The zero-order valence-corrected chi connectivity index (χ0v) is 13.2. The molecule has 0 bridgehead atoms.